The molecule has 0 saturated carbocycles. The molecule has 1 unspecified atom stereocenters. The second kappa shape index (κ2) is 11.5. The lowest BCUT2D eigenvalue weighted by molar-refractivity contribution is -0.119. The van der Waals surface area contributed by atoms with Crippen molar-refractivity contribution in [3.63, 3.8) is 0 Å². The standard InChI is InChI=1S/C21H29N7O3/c1-23-19(29)13-25-21(31)27-16(10-11-28(2)3)14-8-9-18(24-12-14)20(30)26-17-7-5-4-6-15(17)22/h4-9,12,16H,10-11,13,22H2,1-3H3,(H,23,29)(H,26,30)(H2,25,27,31). The van der Waals surface area contributed by atoms with Crippen LogP contribution in [0.5, 0.6) is 0 Å². The molecule has 166 valence electrons. The van der Waals surface area contributed by atoms with E-state index in [1.165, 1.54) is 7.05 Å². The van der Waals surface area contributed by atoms with Gasteiger partial charge in [0.1, 0.15) is 5.69 Å². The Hall–Kier alpha value is -3.66. The summed E-state index contributed by atoms with van der Waals surface area (Å²) >= 11 is 0. The number of rotatable bonds is 9. The van der Waals surface area contributed by atoms with E-state index in [0.29, 0.717) is 17.8 Å². The number of hydrogen-bond acceptors (Lipinski definition) is 6. The molecule has 10 heteroatoms. The summed E-state index contributed by atoms with van der Waals surface area (Å²) in [6.45, 7) is 0.596. The zero-order chi connectivity index (χ0) is 22.8. The Morgan fingerprint density at radius 2 is 1.87 bits per heavy atom. The average molecular weight is 428 g/mol. The van der Waals surface area contributed by atoms with Crippen molar-refractivity contribution in [2.24, 2.45) is 0 Å². The summed E-state index contributed by atoms with van der Waals surface area (Å²) in [7, 11) is 5.37. The molecule has 4 amide bonds. The van der Waals surface area contributed by atoms with E-state index in [-0.39, 0.29) is 30.1 Å². The first-order valence-electron chi connectivity index (χ1n) is 9.81. The van der Waals surface area contributed by atoms with Gasteiger partial charge in [0, 0.05) is 13.2 Å². The van der Waals surface area contributed by atoms with Crippen molar-refractivity contribution < 1.29 is 14.4 Å². The van der Waals surface area contributed by atoms with Crippen LogP contribution in [0.25, 0.3) is 0 Å². The highest BCUT2D eigenvalue weighted by Crippen LogP contribution is 2.19. The normalized spacial score (nSPS) is 11.5. The Bertz CT molecular complexity index is 900. The smallest absolute Gasteiger partial charge is 0.315 e. The predicted octanol–water partition coefficient (Wildman–Crippen LogP) is 0.954. The largest absolute Gasteiger partial charge is 0.397 e. The second-order valence-corrected chi connectivity index (χ2v) is 7.16. The van der Waals surface area contributed by atoms with Crippen LogP contribution < -0.4 is 27.0 Å². The van der Waals surface area contributed by atoms with Crippen molar-refractivity contribution in [3.8, 4) is 0 Å². The minimum absolute atomic E-state index is 0.122. The van der Waals surface area contributed by atoms with E-state index in [4.69, 9.17) is 5.73 Å². The van der Waals surface area contributed by atoms with E-state index in [2.05, 4.69) is 26.3 Å². The van der Waals surface area contributed by atoms with E-state index in [1.54, 1.807) is 42.6 Å². The molecule has 1 aromatic heterocycles. The zero-order valence-corrected chi connectivity index (χ0v) is 17.9. The number of hydrogen-bond donors (Lipinski definition) is 5. The number of para-hydroxylation sites is 2. The van der Waals surface area contributed by atoms with Gasteiger partial charge in [0.05, 0.1) is 24.0 Å². The lowest BCUT2D eigenvalue weighted by Crippen LogP contribution is -2.43. The van der Waals surface area contributed by atoms with E-state index >= 15 is 0 Å². The van der Waals surface area contributed by atoms with Crippen LogP contribution in [-0.4, -0.2) is 62.0 Å². The predicted molar refractivity (Wildman–Crippen MR) is 120 cm³/mol. The van der Waals surface area contributed by atoms with Gasteiger partial charge in [-0.15, -0.1) is 0 Å². The van der Waals surface area contributed by atoms with E-state index in [1.807, 2.05) is 19.0 Å². The van der Waals surface area contributed by atoms with Crippen LogP contribution in [0.1, 0.15) is 28.5 Å². The molecule has 1 atom stereocenters. The number of nitrogens with zero attached hydrogens (tertiary/aromatic N) is 2. The fourth-order valence-electron chi connectivity index (χ4n) is 2.71. The topological polar surface area (TPSA) is 141 Å². The first-order valence-corrected chi connectivity index (χ1v) is 9.81. The number of pyridine rings is 1. The van der Waals surface area contributed by atoms with Gasteiger partial charge >= 0.3 is 6.03 Å². The molecule has 31 heavy (non-hydrogen) atoms. The number of nitrogen functional groups attached to an aromatic ring is 1. The van der Waals surface area contributed by atoms with Crippen LogP contribution >= 0.6 is 0 Å². The molecule has 0 spiro atoms. The Balaban J connectivity index is 2.07. The summed E-state index contributed by atoms with van der Waals surface area (Å²) in [5, 5.41) is 10.5. The van der Waals surface area contributed by atoms with Crippen LogP contribution in [0.3, 0.4) is 0 Å². The maximum Gasteiger partial charge on any atom is 0.315 e. The molecule has 2 rings (SSSR count). The van der Waals surface area contributed by atoms with Crippen LogP contribution in [-0.2, 0) is 4.79 Å². The van der Waals surface area contributed by atoms with Crippen LogP contribution in [0.2, 0.25) is 0 Å². The number of nitrogens with two attached hydrogens (primary N) is 1. The van der Waals surface area contributed by atoms with Crippen molar-refractivity contribution in [3.05, 3.63) is 53.9 Å². The number of likely N-dealkylation sites (N-methyl/N-ethyl adjacent to an activating group) is 1. The Morgan fingerprint density at radius 3 is 2.48 bits per heavy atom. The summed E-state index contributed by atoms with van der Waals surface area (Å²) in [5.41, 5.74) is 7.80. The monoisotopic (exact) mass is 427 g/mol. The summed E-state index contributed by atoms with van der Waals surface area (Å²) in [4.78, 5) is 42.2. The van der Waals surface area contributed by atoms with Gasteiger partial charge in [0.15, 0.2) is 0 Å². The summed E-state index contributed by atoms with van der Waals surface area (Å²) in [6.07, 6.45) is 2.18. The van der Waals surface area contributed by atoms with Gasteiger partial charge in [-0.1, -0.05) is 18.2 Å². The number of carbonyl (C=O) groups is 3. The molecular weight excluding hydrogens is 398 g/mol. The summed E-state index contributed by atoms with van der Waals surface area (Å²) < 4.78 is 0. The zero-order valence-electron chi connectivity index (χ0n) is 17.9. The molecule has 0 bridgehead atoms. The SMILES string of the molecule is CNC(=O)CNC(=O)NC(CCN(C)C)c1ccc(C(=O)Nc2ccccc2N)nc1. The van der Waals surface area contributed by atoms with Crippen molar-refractivity contribution in [2.45, 2.75) is 12.5 Å². The molecule has 0 aliphatic carbocycles. The van der Waals surface area contributed by atoms with Crippen molar-refractivity contribution in [1.29, 1.82) is 0 Å². The highest BCUT2D eigenvalue weighted by Gasteiger charge is 2.17. The number of urea groups is 1. The molecule has 2 aromatic rings. The number of benzene rings is 1. The van der Waals surface area contributed by atoms with Gasteiger partial charge in [-0.25, -0.2) is 4.79 Å². The Morgan fingerprint density at radius 1 is 1.13 bits per heavy atom. The molecule has 0 fully saturated rings. The lowest BCUT2D eigenvalue weighted by atomic mass is 10.1. The minimum atomic E-state index is -0.464. The maximum absolute atomic E-state index is 12.5. The molecule has 6 N–H and O–H groups in total. The lowest BCUT2D eigenvalue weighted by Gasteiger charge is -2.21. The summed E-state index contributed by atoms with van der Waals surface area (Å²) in [6, 6.07) is 9.49. The van der Waals surface area contributed by atoms with Crippen LogP contribution in [0, 0.1) is 0 Å². The highest BCUT2D eigenvalue weighted by atomic mass is 16.2. The molecule has 0 radical (unpaired) electrons. The number of amides is 4. The third-order valence-corrected chi connectivity index (χ3v) is 4.49. The van der Waals surface area contributed by atoms with Crippen LogP contribution in [0.15, 0.2) is 42.6 Å². The molecule has 1 heterocycles. The molecule has 10 nitrogen and oxygen atoms in total. The number of carbonyl (C=O) groups excluding carboxylic acids is 3. The summed E-state index contributed by atoms with van der Waals surface area (Å²) in [5.74, 6) is -0.679. The Labute approximate surface area is 181 Å². The first-order chi connectivity index (χ1) is 14.8. The van der Waals surface area contributed by atoms with Gasteiger partial charge < -0.3 is 31.9 Å². The van der Waals surface area contributed by atoms with Gasteiger partial charge in [0.2, 0.25) is 5.91 Å². The molecule has 0 aliphatic rings. The molecule has 0 saturated heterocycles. The third kappa shape index (κ3) is 7.59. The van der Waals surface area contributed by atoms with Gasteiger partial charge in [-0.2, -0.15) is 0 Å². The Kier molecular flexibility index (Phi) is 8.77. The number of nitrogens with one attached hydrogen (secondary N) is 4. The van der Waals surface area contributed by atoms with E-state index in [0.717, 1.165) is 12.1 Å². The van der Waals surface area contributed by atoms with Crippen molar-refractivity contribution >= 4 is 29.2 Å². The fraction of sp³-hybridized carbons (Fsp3) is 0.333. The van der Waals surface area contributed by atoms with Crippen molar-refractivity contribution in [1.82, 2.24) is 25.8 Å². The van der Waals surface area contributed by atoms with Gasteiger partial charge in [-0.05, 0) is 50.8 Å². The van der Waals surface area contributed by atoms with E-state index in [9.17, 15) is 14.4 Å². The molecule has 1 aromatic carbocycles. The molecular formula is C21H29N7O3. The van der Waals surface area contributed by atoms with Gasteiger partial charge in [0.25, 0.3) is 5.91 Å². The minimum Gasteiger partial charge on any atom is -0.397 e. The maximum atomic E-state index is 12.5. The average Bonchev–Trinajstić information content (AvgIpc) is 2.76. The molecule has 0 aliphatic heterocycles. The van der Waals surface area contributed by atoms with E-state index < -0.39 is 6.03 Å². The number of aromatic nitrogens is 1. The quantitative estimate of drug-likeness (QED) is 0.377. The fourth-order valence-corrected chi connectivity index (χ4v) is 2.71. The second-order valence-electron chi connectivity index (χ2n) is 7.16. The highest BCUT2D eigenvalue weighted by molar-refractivity contribution is 6.04. The third-order valence-electron chi connectivity index (χ3n) is 4.49. The van der Waals surface area contributed by atoms with Crippen molar-refractivity contribution in [2.75, 3.05) is 45.3 Å². The first kappa shape index (κ1) is 23.6. The van der Waals surface area contributed by atoms with Crippen LogP contribution in [0.4, 0.5) is 16.2 Å². The number of anilines is 2. The van der Waals surface area contributed by atoms with Gasteiger partial charge in [-0.3, -0.25) is 14.6 Å².